The molecule has 2 N–H and O–H groups in total. The van der Waals surface area contributed by atoms with Crippen LogP contribution in [0.4, 0.5) is 0 Å². The van der Waals surface area contributed by atoms with E-state index in [0.29, 0.717) is 6.42 Å². The second-order valence-electron chi connectivity index (χ2n) is 3.37. The summed E-state index contributed by atoms with van der Waals surface area (Å²) in [5.41, 5.74) is 0. The minimum atomic E-state index is -0.945. The Balaban J connectivity index is 0. The average Bonchev–Trinajstić information content (AvgIpc) is 2.14. The normalized spacial score (nSPS) is 11.4. The summed E-state index contributed by atoms with van der Waals surface area (Å²) >= 11 is 0. The van der Waals surface area contributed by atoms with Crippen LogP contribution in [0.25, 0.3) is 0 Å². The molecule has 0 aromatic rings. The number of aliphatic carboxylic acids is 1. The van der Waals surface area contributed by atoms with Gasteiger partial charge in [-0.15, -0.1) is 0 Å². The molecule has 0 aromatic heterocycles. The molecule has 1 atom stereocenters. The highest BCUT2D eigenvalue weighted by Gasteiger charge is 2.04. The molecule has 14 heavy (non-hydrogen) atoms. The highest BCUT2D eigenvalue weighted by Crippen LogP contribution is 1.95. The van der Waals surface area contributed by atoms with Crippen molar-refractivity contribution in [3.05, 3.63) is 0 Å². The van der Waals surface area contributed by atoms with Crippen LogP contribution < -0.4 is 0 Å². The molecule has 0 fully saturated rings. The van der Waals surface area contributed by atoms with Crippen LogP contribution in [0, 0.1) is 0 Å². The molecule has 1 unspecified atom stereocenters. The van der Waals surface area contributed by atoms with E-state index in [-0.39, 0.29) is 6.42 Å². The summed E-state index contributed by atoms with van der Waals surface area (Å²) in [6.45, 7) is 6.21. The van der Waals surface area contributed by atoms with Gasteiger partial charge in [0.2, 0.25) is 0 Å². The molecular weight excluding hydrogens is 180 g/mol. The van der Waals surface area contributed by atoms with Crippen LogP contribution >= 0.6 is 0 Å². The topological polar surface area (TPSA) is 57.5 Å². The number of aliphatic hydroxyl groups is 1. The zero-order valence-electron chi connectivity index (χ0n) is 9.62. The van der Waals surface area contributed by atoms with E-state index in [2.05, 4.69) is 13.8 Å². The van der Waals surface area contributed by atoms with Gasteiger partial charge in [0.1, 0.15) is 0 Å². The monoisotopic (exact) mass is 204 g/mol. The molecule has 0 amide bonds. The zero-order chi connectivity index (χ0) is 11.4. The number of carbonyl (C=O) groups is 1. The summed E-state index contributed by atoms with van der Waals surface area (Å²) in [7, 11) is 0. The van der Waals surface area contributed by atoms with Gasteiger partial charge in [-0.1, -0.05) is 46.5 Å². The van der Waals surface area contributed by atoms with Crippen LogP contribution in [0.15, 0.2) is 0 Å². The third kappa shape index (κ3) is 17.5. The molecule has 0 aliphatic heterocycles. The van der Waals surface area contributed by atoms with Crippen LogP contribution in [0.2, 0.25) is 0 Å². The predicted molar refractivity (Wildman–Crippen MR) is 58.4 cm³/mol. The van der Waals surface area contributed by atoms with Crippen molar-refractivity contribution in [1.82, 2.24) is 0 Å². The Morgan fingerprint density at radius 1 is 1.14 bits per heavy atom. The third-order valence-electron chi connectivity index (χ3n) is 1.84. The summed E-state index contributed by atoms with van der Waals surface area (Å²) in [6.07, 6.45) is 5.23. The Morgan fingerprint density at radius 2 is 1.57 bits per heavy atom. The summed E-state index contributed by atoms with van der Waals surface area (Å²) in [5.74, 6) is -0.945. The van der Waals surface area contributed by atoms with E-state index in [1.165, 1.54) is 25.7 Å². The maximum Gasteiger partial charge on any atom is 0.305 e. The smallest absolute Gasteiger partial charge is 0.305 e. The van der Waals surface area contributed by atoms with E-state index < -0.39 is 12.1 Å². The Morgan fingerprint density at radius 3 is 1.71 bits per heavy atom. The van der Waals surface area contributed by atoms with Gasteiger partial charge in [0.25, 0.3) is 0 Å². The minimum Gasteiger partial charge on any atom is -0.481 e. The Hall–Kier alpha value is -0.570. The van der Waals surface area contributed by atoms with E-state index >= 15 is 0 Å². The maximum atomic E-state index is 9.81. The van der Waals surface area contributed by atoms with E-state index in [0.717, 1.165) is 0 Å². The minimum absolute atomic E-state index is 0.142. The van der Waals surface area contributed by atoms with E-state index in [9.17, 15) is 4.79 Å². The molecular formula is C11H24O3. The number of unbranched alkanes of at least 4 members (excludes halogenated alkanes) is 3. The van der Waals surface area contributed by atoms with Gasteiger partial charge in [-0.2, -0.15) is 0 Å². The predicted octanol–water partition coefficient (Wildman–Crippen LogP) is 2.82. The van der Waals surface area contributed by atoms with Crippen LogP contribution in [0.5, 0.6) is 0 Å². The SMILES string of the molecule is CCC(O)CC(=O)O.CCCCCC. The lowest BCUT2D eigenvalue weighted by atomic mass is 10.2. The van der Waals surface area contributed by atoms with Crippen LogP contribution in [-0.4, -0.2) is 22.3 Å². The molecule has 0 aliphatic carbocycles. The van der Waals surface area contributed by atoms with Crippen LogP contribution in [0.3, 0.4) is 0 Å². The van der Waals surface area contributed by atoms with Crippen molar-refractivity contribution in [3.8, 4) is 0 Å². The van der Waals surface area contributed by atoms with Crippen molar-refractivity contribution in [2.24, 2.45) is 0 Å². The molecule has 0 bridgehead atoms. The van der Waals surface area contributed by atoms with Gasteiger partial charge in [-0.05, 0) is 6.42 Å². The van der Waals surface area contributed by atoms with Gasteiger partial charge in [-0.3, -0.25) is 4.79 Å². The molecule has 0 aromatic carbocycles. The fraction of sp³-hybridized carbons (Fsp3) is 0.909. The van der Waals surface area contributed by atoms with Crippen molar-refractivity contribution >= 4 is 5.97 Å². The lowest BCUT2D eigenvalue weighted by molar-refractivity contribution is -0.139. The number of hydrogen-bond acceptors (Lipinski definition) is 2. The quantitative estimate of drug-likeness (QED) is 0.654. The average molecular weight is 204 g/mol. The molecule has 0 saturated carbocycles. The number of carboxylic acids is 1. The van der Waals surface area contributed by atoms with Crippen molar-refractivity contribution in [3.63, 3.8) is 0 Å². The first-order valence-corrected chi connectivity index (χ1v) is 5.48. The molecule has 0 spiro atoms. The molecule has 3 heteroatoms. The van der Waals surface area contributed by atoms with Gasteiger partial charge in [0, 0.05) is 0 Å². The number of hydrogen-bond donors (Lipinski definition) is 2. The van der Waals surface area contributed by atoms with Gasteiger partial charge in [0.05, 0.1) is 12.5 Å². The summed E-state index contributed by atoms with van der Waals surface area (Å²) in [5, 5.41) is 16.7. The molecule has 0 radical (unpaired) electrons. The highest BCUT2D eigenvalue weighted by molar-refractivity contribution is 5.67. The van der Waals surface area contributed by atoms with E-state index in [4.69, 9.17) is 10.2 Å². The summed E-state index contributed by atoms with van der Waals surface area (Å²) in [4.78, 5) is 9.81. The Labute approximate surface area is 87.1 Å². The molecule has 0 rings (SSSR count). The zero-order valence-corrected chi connectivity index (χ0v) is 9.62. The Kier molecular flexibility index (Phi) is 14.1. The van der Waals surface area contributed by atoms with Crippen molar-refractivity contribution in [2.75, 3.05) is 0 Å². The number of carboxylic acid groups (broad SMARTS) is 1. The third-order valence-corrected chi connectivity index (χ3v) is 1.84. The van der Waals surface area contributed by atoms with Crippen molar-refractivity contribution in [2.45, 2.75) is 65.4 Å². The largest absolute Gasteiger partial charge is 0.481 e. The maximum absolute atomic E-state index is 9.81. The highest BCUT2D eigenvalue weighted by atomic mass is 16.4. The Bertz CT molecular complexity index is 120. The first kappa shape index (κ1) is 15.9. The molecule has 3 nitrogen and oxygen atoms in total. The standard InChI is InChI=1S/C6H14.C5H10O3/c1-3-5-6-4-2;1-2-4(6)3-5(7)8/h3-6H2,1-2H3;4,6H,2-3H2,1H3,(H,7,8). The molecule has 0 aliphatic rings. The van der Waals surface area contributed by atoms with E-state index in [1.807, 2.05) is 0 Å². The lowest BCUT2D eigenvalue weighted by Gasteiger charge is -2.00. The fourth-order valence-corrected chi connectivity index (χ4v) is 0.846. The first-order chi connectivity index (χ1) is 6.58. The molecule has 0 saturated heterocycles. The first-order valence-electron chi connectivity index (χ1n) is 5.48. The van der Waals surface area contributed by atoms with Gasteiger partial charge >= 0.3 is 5.97 Å². The van der Waals surface area contributed by atoms with Gasteiger partial charge < -0.3 is 10.2 Å². The van der Waals surface area contributed by atoms with Gasteiger partial charge in [-0.25, -0.2) is 0 Å². The summed E-state index contributed by atoms with van der Waals surface area (Å²) in [6, 6.07) is 0. The number of aliphatic hydroxyl groups excluding tert-OH is 1. The summed E-state index contributed by atoms with van der Waals surface area (Å²) < 4.78 is 0. The molecule has 0 heterocycles. The van der Waals surface area contributed by atoms with Gasteiger partial charge in [0.15, 0.2) is 0 Å². The van der Waals surface area contributed by atoms with Crippen molar-refractivity contribution in [1.29, 1.82) is 0 Å². The van der Waals surface area contributed by atoms with Crippen molar-refractivity contribution < 1.29 is 15.0 Å². The number of rotatable bonds is 6. The second kappa shape index (κ2) is 12.4. The lowest BCUT2D eigenvalue weighted by Crippen LogP contribution is -2.10. The van der Waals surface area contributed by atoms with Crippen LogP contribution in [-0.2, 0) is 4.79 Å². The molecule has 86 valence electrons. The van der Waals surface area contributed by atoms with Crippen LogP contribution in [0.1, 0.15) is 59.3 Å². The fourth-order valence-electron chi connectivity index (χ4n) is 0.846. The second-order valence-corrected chi connectivity index (χ2v) is 3.37. The van der Waals surface area contributed by atoms with E-state index in [1.54, 1.807) is 6.92 Å².